The average molecular weight is 112 g/mol. The van der Waals surface area contributed by atoms with Gasteiger partial charge in [0, 0.05) is 0 Å². The van der Waals surface area contributed by atoms with Crippen LogP contribution in [0.3, 0.4) is 0 Å². The van der Waals surface area contributed by atoms with E-state index in [1.165, 1.54) is 0 Å². The maximum absolute atomic E-state index is 5.20. The van der Waals surface area contributed by atoms with E-state index in [1.54, 1.807) is 6.26 Å². The standard InChI is InChI=1S/C5H8N2O/c1-4-2-3-8-5(6)7-4/h2-4H,1H3,(H2,6,7)/t4-/m0/s1. The van der Waals surface area contributed by atoms with Crippen LogP contribution in [0.1, 0.15) is 6.92 Å². The minimum Gasteiger partial charge on any atom is -0.435 e. The van der Waals surface area contributed by atoms with Crippen LogP contribution in [0.2, 0.25) is 0 Å². The Kier molecular flexibility index (Phi) is 1.20. The van der Waals surface area contributed by atoms with Gasteiger partial charge < -0.3 is 10.5 Å². The van der Waals surface area contributed by atoms with E-state index >= 15 is 0 Å². The van der Waals surface area contributed by atoms with Crippen molar-refractivity contribution in [2.75, 3.05) is 0 Å². The minimum atomic E-state index is 0.170. The molecule has 3 nitrogen and oxygen atoms in total. The molecule has 0 saturated heterocycles. The molecule has 0 saturated carbocycles. The number of nitrogens with two attached hydrogens (primary N) is 1. The van der Waals surface area contributed by atoms with Crippen molar-refractivity contribution >= 4 is 6.02 Å². The van der Waals surface area contributed by atoms with Gasteiger partial charge >= 0.3 is 0 Å². The van der Waals surface area contributed by atoms with Gasteiger partial charge in [-0.3, -0.25) is 0 Å². The average Bonchev–Trinajstić information content (AvgIpc) is 1.64. The second-order valence-corrected chi connectivity index (χ2v) is 1.65. The van der Waals surface area contributed by atoms with Crippen molar-refractivity contribution in [2.24, 2.45) is 10.7 Å². The Morgan fingerprint density at radius 2 is 2.62 bits per heavy atom. The Bertz CT molecular complexity index is 139. The molecule has 2 N–H and O–H groups in total. The molecule has 3 heteroatoms. The lowest BCUT2D eigenvalue weighted by molar-refractivity contribution is 0.443. The molecular weight excluding hydrogens is 104 g/mol. The summed E-state index contributed by atoms with van der Waals surface area (Å²) in [5, 5.41) is 0. The first-order valence-electron chi connectivity index (χ1n) is 2.45. The fraction of sp³-hybridized carbons (Fsp3) is 0.400. The van der Waals surface area contributed by atoms with Crippen molar-refractivity contribution in [3.63, 3.8) is 0 Å². The van der Waals surface area contributed by atoms with Crippen molar-refractivity contribution in [2.45, 2.75) is 13.0 Å². The van der Waals surface area contributed by atoms with Gasteiger partial charge in [0.2, 0.25) is 0 Å². The molecule has 0 aromatic carbocycles. The topological polar surface area (TPSA) is 47.6 Å². The lowest BCUT2D eigenvalue weighted by atomic mass is 10.3. The molecule has 1 rings (SSSR count). The monoisotopic (exact) mass is 112 g/mol. The highest BCUT2D eigenvalue weighted by atomic mass is 16.5. The predicted octanol–water partition coefficient (Wildman–Crippen LogP) is 0.234. The van der Waals surface area contributed by atoms with Gasteiger partial charge in [-0.15, -0.1) is 0 Å². The summed E-state index contributed by atoms with van der Waals surface area (Å²) in [4.78, 5) is 3.87. The van der Waals surface area contributed by atoms with Crippen LogP contribution in [0, 0.1) is 0 Å². The highest BCUT2D eigenvalue weighted by Crippen LogP contribution is 1.97. The summed E-state index contributed by atoms with van der Waals surface area (Å²) < 4.78 is 4.70. The summed E-state index contributed by atoms with van der Waals surface area (Å²) in [5.74, 6) is 0. The number of rotatable bonds is 0. The Balaban J connectivity index is 2.60. The second kappa shape index (κ2) is 1.86. The van der Waals surface area contributed by atoms with Gasteiger partial charge in [-0.1, -0.05) is 0 Å². The van der Waals surface area contributed by atoms with Crippen LogP contribution < -0.4 is 5.73 Å². The van der Waals surface area contributed by atoms with Crippen molar-refractivity contribution < 1.29 is 4.74 Å². The summed E-state index contributed by atoms with van der Waals surface area (Å²) >= 11 is 0. The molecule has 0 amide bonds. The molecule has 0 radical (unpaired) electrons. The number of hydrogen-bond acceptors (Lipinski definition) is 3. The molecule has 0 aliphatic carbocycles. The maximum atomic E-state index is 5.20. The Labute approximate surface area is 47.9 Å². The van der Waals surface area contributed by atoms with Crippen molar-refractivity contribution in [1.29, 1.82) is 0 Å². The van der Waals surface area contributed by atoms with Crippen molar-refractivity contribution in [3.05, 3.63) is 12.3 Å². The summed E-state index contributed by atoms with van der Waals surface area (Å²) in [7, 11) is 0. The van der Waals surface area contributed by atoms with Gasteiger partial charge in [0.1, 0.15) is 0 Å². The zero-order valence-corrected chi connectivity index (χ0v) is 4.66. The number of ether oxygens (including phenoxy) is 1. The van der Waals surface area contributed by atoms with E-state index < -0.39 is 0 Å². The van der Waals surface area contributed by atoms with Gasteiger partial charge in [-0.2, -0.15) is 0 Å². The molecule has 1 aliphatic heterocycles. The van der Waals surface area contributed by atoms with Crippen LogP contribution in [-0.2, 0) is 4.74 Å². The Morgan fingerprint density at radius 1 is 1.88 bits per heavy atom. The molecule has 0 fully saturated rings. The van der Waals surface area contributed by atoms with Crippen LogP contribution in [-0.4, -0.2) is 12.1 Å². The molecular formula is C5H8N2O. The lowest BCUT2D eigenvalue weighted by Gasteiger charge is -2.06. The highest BCUT2D eigenvalue weighted by molar-refractivity contribution is 5.73. The summed E-state index contributed by atoms with van der Waals surface area (Å²) in [6, 6.07) is 0.420. The molecule has 0 aromatic rings. The van der Waals surface area contributed by atoms with Gasteiger partial charge in [0.15, 0.2) is 0 Å². The first-order valence-corrected chi connectivity index (χ1v) is 2.45. The smallest absolute Gasteiger partial charge is 0.287 e. The number of nitrogens with zero attached hydrogens (tertiary/aromatic N) is 1. The maximum Gasteiger partial charge on any atom is 0.287 e. The van der Waals surface area contributed by atoms with Crippen molar-refractivity contribution in [1.82, 2.24) is 0 Å². The number of hydrogen-bond donors (Lipinski definition) is 1. The zero-order chi connectivity index (χ0) is 5.98. The van der Waals surface area contributed by atoms with Crippen LogP contribution in [0.4, 0.5) is 0 Å². The summed E-state index contributed by atoms with van der Waals surface area (Å²) in [5.41, 5.74) is 5.20. The first-order chi connectivity index (χ1) is 3.79. The van der Waals surface area contributed by atoms with E-state index in [1.807, 2.05) is 13.0 Å². The summed E-state index contributed by atoms with van der Waals surface area (Å²) in [6.45, 7) is 1.94. The number of amidine groups is 1. The van der Waals surface area contributed by atoms with E-state index in [4.69, 9.17) is 10.5 Å². The molecule has 1 heterocycles. The number of aliphatic imine (C=N–C) groups is 1. The van der Waals surface area contributed by atoms with E-state index in [-0.39, 0.29) is 12.1 Å². The van der Waals surface area contributed by atoms with Crippen LogP contribution in [0.15, 0.2) is 17.3 Å². The van der Waals surface area contributed by atoms with Gasteiger partial charge in [0.25, 0.3) is 6.02 Å². The highest BCUT2D eigenvalue weighted by Gasteiger charge is 2.00. The van der Waals surface area contributed by atoms with E-state index in [0.29, 0.717) is 0 Å². The third kappa shape index (κ3) is 0.992. The molecule has 0 aromatic heterocycles. The second-order valence-electron chi connectivity index (χ2n) is 1.65. The third-order valence-electron chi connectivity index (χ3n) is 0.877. The van der Waals surface area contributed by atoms with E-state index in [2.05, 4.69) is 4.99 Å². The largest absolute Gasteiger partial charge is 0.435 e. The molecule has 0 bridgehead atoms. The Morgan fingerprint density at radius 3 is 3.00 bits per heavy atom. The molecule has 0 unspecified atom stereocenters. The molecule has 8 heavy (non-hydrogen) atoms. The first kappa shape index (κ1) is 5.15. The van der Waals surface area contributed by atoms with Gasteiger partial charge in [-0.05, 0) is 13.0 Å². The van der Waals surface area contributed by atoms with Crippen molar-refractivity contribution in [3.8, 4) is 0 Å². The van der Waals surface area contributed by atoms with Gasteiger partial charge in [-0.25, -0.2) is 4.99 Å². The van der Waals surface area contributed by atoms with Crippen LogP contribution in [0.25, 0.3) is 0 Å². The fourth-order valence-corrected chi connectivity index (χ4v) is 0.497. The van der Waals surface area contributed by atoms with E-state index in [9.17, 15) is 0 Å². The predicted molar refractivity (Wildman–Crippen MR) is 31.3 cm³/mol. The third-order valence-corrected chi connectivity index (χ3v) is 0.877. The summed E-state index contributed by atoms with van der Waals surface area (Å²) in [6.07, 6.45) is 3.38. The molecule has 0 spiro atoms. The molecule has 1 aliphatic rings. The quantitative estimate of drug-likeness (QED) is 0.487. The van der Waals surface area contributed by atoms with Crippen LogP contribution in [0.5, 0.6) is 0 Å². The van der Waals surface area contributed by atoms with Crippen LogP contribution >= 0.6 is 0 Å². The van der Waals surface area contributed by atoms with E-state index in [0.717, 1.165) is 0 Å². The lowest BCUT2D eigenvalue weighted by Crippen LogP contribution is -2.18. The normalized spacial score (nSPS) is 26.6. The Hall–Kier alpha value is -0.990. The van der Waals surface area contributed by atoms with Gasteiger partial charge in [0.05, 0.1) is 12.3 Å². The fourth-order valence-electron chi connectivity index (χ4n) is 0.497. The zero-order valence-electron chi connectivity index (χ0n) is 4.66. The molecule has 44 valence electrons. The SMILES string of the molecule is C[C@H]1C=COC(N)=N1. The molecule has 1 atom stereocenters. The minimum absolute atomic E-state index is 0.170.